The zero-order valence-electron chi connectivity index (χ0n) is 13.9. The van der Waals surface area contributed by atoms with Crippen molar-refractivity contribution in [3.63, 3.8) is 0 Å². The first-order chi connectivity index (χ1) is 9.79. The molecule has 1 heterocycles. The van der Waals surface area contributed by atoms with Crippen LogP contribution < -0.4 is 5.32 Å². The summed E-state index contributed by atoms with van der Waals surface area (Å²) in [7, 11) is 5.81. The number of aryl methyl sites for hydroxylation is 1. The molecule has 0 aliphatic heterocycles. The van der Waals surface area contributed by atoms with Gasteiger partial charge < -0.3 is 19.5 Å². The predicted molar refractivity (Wildman–Crippen MR) is 91.6 cm³/mol. The highest BCUT2D eigenvalue weighted by atomic mass is 79.9. The van der Waals surface area contributed by atoms with Crippen molar-refractivity contribution < 1.29 is 4.74 Å². The lowest BCUT2D eigenvalue weighted by atomic mass is 10.1. The molecule has 0 radical (unpaired) electrons. The van der Waals surface area contributed by atoms with Crippen molar-refractivity contribution in [2.24, 2.45) is 12.0 Å². The molecule has 6 heteroatoms. The Bertz CT molecular complexity index is 482. The van der Waals surface area contributed by atoms with E-state index in [-0.39, 0.29) is 5.60 Å². The molecule has 120 valence electrons. The van der Waals surface area contributed by atoms with Crippen molar-refractivity contribution in [2.45, 2.75) is 32.9 Å². The molecule has 0 atom stereocenters. The number of methoxy groups -OCH3 is 1. The van der Waals surface area contributed by atoms with Gasteiger partial charge in [0, 0.05) is 44.1 Å². The minimum Gasteiger partial charge on any atom is -0.377 e. The fourth-order valence-corrected chi connectivity index (χ4v) is 2.41. The lowest BCUT2D eigenvalue weighted by Crippen LogP contribution is -2.40. The van der Waals surface area contributed by atoms with E-state index in [1.54, 1.807) is 7.11 Å². The zero-order chi connectivity index (χ0) is 16.0. The molecular formula is C15H27BrN4O. The lowest BCUT2D eigenvalue weighted by molar-refractivity contribution is 0.0309. The Morgan fingerprint density at radius 1 is 1.52 bits per heavy atom. The third kappa shape index (κ3) is 5.71. The Morgan fingerprint density at radius 2 is 2.19 bits per heavy atom. The molecule has 0 aliphatic rings. The van der Waals surface area contributed by atoms with Crippen LogP contribution in [0.4, 0.5) is 0 Å². The first kappa shape index (κ1) is 18.0. The van der Waals surface area contributed by atoms with Crippen LogP contribution in [0.25, 0.3) is 0 Å². The number of rotatable bonds is 6. The van der Waals surface area contributed by atoms with Gasteiger partial charge in [-0.05, 0) is 42.8 Å². The number of guanidine groups is 1. The summed E-state index contributed by atoms with van der Waals surface area (Å²) in [6, 6.07) is 2.12. The van der Waals surface area contributed by atoms with Crippen molar-refractivity contribution in [1.29, 1.82) is 0 Å². The van der Waals surface area contributed by atoms with Gasteiger partial charge in [-0.3, -0.25) is 4.99 Å². The molecule has 0 fully saturated rings. The van der Waals surface area contributed by atoms with Gasteiger partial charge >= 0.3 is 0 Å². The van der Waals surface area contributed by atoms with E-state index in [4.69, 9.17) is 4.74 Å². The molecule has 1 rings (SSSR count). The molecule has 1 N–H and O–H groups in total. The average Bonchev–Trinajstić information content (AvgIpc) is 2.72. The summed E-state index contributed by atoms with van der Waals surface area (Å²) in [6.07, 6.45) is 2.06. The molecule has 0 aliphatic carbocycles. The summed E-state index contributed by atoms with van der Waals surface area (Å²) >= 11 is 3.51. The largest absolute Gasteiger partial charge is 0.377 e. The minimum atomic E-state index is -0.254. The average molecular weight is 359 g/mol. The van der Waals surface area contributed by atoms with E-state index < -0.39 is 0 Å². The number of aromatic nitrogens is 1. The molecule has 21 heavy (non-hydrogen) atoms. The third-order valence-electron chi connectivity index (χ3n) is 3.33. The van der Waals surface area contributed by atoms with Gasteiger partial charge in [0.1, 0.15) is 0 Å². The van der Waals surface area contributed by atoms with E-state index in [1.807, 2.05) is 27.9 Å². The van der Waals surface area contributed by atoms with Gasteiger partial charge in [-0.25, -0.2) is 0 Å². The number of aliphatic imine (C=N–C) groups is 1. The van der Waals surface area contributed by atoms with Crippen molar-refractivity contribution in [1.82, 2.24) is 14.8 Å². The van der Waals surface area contributed by atoms with E-state index in [9.17, 15) is 0 Å². The normalized spacial score (nSPS) is 12.6. The maximum atomic E-state index is 5.42. The van der Waals surface area contributed by atoms with Crippen molar-refractivity contribution >= 4 is 21.9 Å². The number of hydrogen-bond donors (Lipinski definition) is 1. The minimum absolute atomic E-state index is 0.254. The maximum Gasteiger partial charge on any atom is 0.194 e. The first-order valence-corrected chi connectivity index (χ1v) is 7.93. The Labute approximate surface area is 136 Å². The molecule has 0 amide bonds. The van der Waals surface area contributed by atoms with Crippen LogP contribution in [0.3, 0.4) is 0 Å². The number of nitrogens with zero attached hydrogens (tertiary/aromatic N) is 3. The van der Waals surface area contributed by atoms with Crippen molar-refractivity contribution in [2.75, 3.05) is 27.2 Å². The van der Waals surface area contributed by atoms with Gasteiger partial charge in [0.05, 0.1) is 18.7 Å². The number of halogens is 1. The maximum absolute atomic E-state index is 5.42. The molecule has 0 saturated heterocycles. The summed E-state index contributed by atoms with van der Waals surface area (Å²) in [5.74, 6) is 0.889. The molecule has 0 unspecified atom stereocenters. The number of ether oxygens (including phenoxy) is 1. The second-order valence-corrected chi connectivity index (χ2v) is 6.67. The Balaban J connectivity index is 2.79. The lowest BCUT2D eigenvalue weighted by Gasteiger charge is -2.25. The highest BCUT2D eigenvalue weighted by Crippen LogP contribution is 2.15. The summed E-state index contributed by atoms with van der Waals surface area (Å²) in [6.45, 7) is 8.40. The van der Waals surface area contributed by atoms with Gasteiger partial charge in [-0.2, -0.15) is 0 Å². The van der Waals surface area contributed by atoms with Crippen LogP contribution in [-0.2, 0) is 18.3 Å². The van der Waals surface area contributed by atoms with E-state index in [2.05, 4.69) is 54.9 Å². The molecule has 1 aromatic rings. The Morgan fingerprint density at radius 3 is 2.67 bits per heavy atom. The Kier molecular flexibility index (Phi) is 6.74. The summed E-state index contributed by atoms with van der Waals surface area (Å²) in [5, 5.41) is 3.32. The highest BCUT2D eigenvalue weighted by Gasteiger charge is 2.17. The van der Waals surface area contributed by atoms with E-state index in [0.29, 0.717) is 6.54 Å². The van der Waals surface area contributed by atoms with Crippen LogP contribution in [-0.4, -0.2) is 48.3 Å². The Hall–Kier alpha value is -1.01. The second kappa shape index (κ2) is 7.84. The topological polar surface area (TPSA) is 41.8 Å². The smallest absolute Gasteiger partial charge is 0.194 e. The van der Waals surface area contributed by atoms with Gasteiger partial charge in [-0.15, -0.1) is 0 Å². The molecule has 0 spiro atoms. The van der Waals surface area contributed by atoms with Gasteiger partial charge in [0.25, 0.3) is 0 Å². The van der Waals surface area contributed by atoms with Crippen LogP contribution in [0.1, 0.15) is 26.5 Å². The quantitative estimate of drug-likeness (QED) is 0.627. The monoisotopic (exact) mass is 358 g/mol. The first-order valence-electron chi connectivity index (χ1n) is 7.14. The summed E-state index contributed by atoms with van der Waals surface area (Å²) < 4.78 is 8.63. The van der Waals surface area contributed by atoms with Crippen molar-refractivity contribution in [3.8, 4) is 0 Å². The molecule has 0 bridgehead atoms. The third-order valence-corrected chi connectivity index (χ3v) is 3.77. The fraction of sp³-hybridized carbons (Fsp3) is 0.667. The predicted octanol–water partition coefficient (Wildman–Crippen LogP) is 2.61. The van der Waals surface area contributed by atoms with Gasteiger partial charge in [-0.1, -0.05) is 0 Å². The van der Waals surface area contributed by atoms with E-state index in [0.717, 1.165) is 23.5 Å². The van der Waals surface area contributed by atoms with Crippen LogP contribution in [0.5, 0.6) is 0 Å². The van der Waals surface area contributed by atoms with Crippen LogP contribution in [0.2, 0.25) is 0 Å². The zero-order valence-corrected chi connectivity index (χ0v) is 15.5. The summed E-state index contributed by atoms with van der Waals surface area (Å²) in [4.78, 5) is 6.80. The van der Waals surface area contributed by atoms with E-state index >= 15 is 0 Å². The van der Waals surface area contributed by atoms with Crippen molar-refractivity contribution in [3.05, 3.63) is 22.4 Å². The number of nitrogens with one attached hydrogen (secondary N) is 1. The number of hydrogen-bond acceptors (Lipinski definition) is 2. The van der Waals surface area contributed by atoms with Gasteiger partial charge in [0.2, 0.25) is 0 Å². The second-order valence-electron chi connectivity index (χ2n) is 5.75. The fourth-order valence-electron chi connectivity index (χ4n) is 1.84. The molecule has 0 aromatic carbocycles. The SMILES string of the molecule is CCNC(=NCC(C)(C)OC)N(C)Cc1cc(Br)cn1C. The molecule has 5 nitrogen and oxygen atoms in total. The van der Waals surface area contributed by atoms with E-state index in [1.165, 1.54) is 5.69 Å². The van der Waals surface area contributed by atoms with Gasteiger partial charge in [0.15, 0.2) is 5.96 Å². The van der Waals surface area contributed by atoms with Crippen LogP contribution >= 0.6 is 15.9 Å². The molecular weight excluding hydrogens is 332 g/mol. The van der Waals surface area contributed by atoms with Crippen LogP contribution in [0.15, 0.2) is 21.7 Å². The standard InChI is InChI=1S/C15H27BrN4O/c1-7-17-14(18-11-15(2,3)21-6)20(5)10-13-8-12(16)9-19(13)4/h8-9H,7,10-11H2,1-6H3,(H,17,18). The van der Waals surface area contributed by atoms with Crippen LogP contribution in [0, 0.1) is 0 Å². The molecule has 0 saturated carbocycles. The molecule has 1 aromatic heterocycles. The highest BCUT2D eigenvalue weighted by molar-refractivity contribution is 9.10. The summed E-state index contributed by atoms with van der Waals surface area (Å²) in [5.41, 5.74) is 0.969.